The van der Waals surface area contributed by atoms with Crippen LogP contribution in [0.15, 0.2) is 61.6 Å². The van der Waals surface area contributed by atoms with Crippen LogP contribution in [0.5, 0.6) is 0 Å². The Labute approximate surface area is 256 Å². The lowest BCUT2D eigenvalue weighted by molar-refractivity contribution is -0.137. The number of fused-ring (bicyclic) bond motifs is 1. The minimum atomic E-state index is -1.30. The number of hydrogen-bond donors (Lipinski definition) is 1. The second kappa shape index (κ2) is 12.1. The summed E-state index contributed by atoms with van der Waals surface area (Å²) in [5.74, 6) is 0.547. The molecule has 4 unspecified atom stereocenters. The Bertz CT molecular complexity index is 1710. The second-order valence-corrected chi connectivity index (χ2v) is 12.0. The van der Waals surface area contributed by atoms with E-state index in [0.717, 1.165) is 46.4 Å². The first-order valence-corrected chi connectivity index (χ1v) is 15.1. The van der Waals surface area contributed by atoms with E-state index in [2.05, 4.69) is 45.8 Å². The van der Waals surface area contributed by atoms with Crippen LogP contribution in [0.3, 0.4) is 0 Å². The molecule has 2 amide bonds. The number of nitrogens with zero attached hydrogens (tertiary/aromatic N) is 7. The van der Waals surface area contributed by atoms with Gasteiger partial charge in [0.1, 0.15) is 24.6 Å². The summed E-state index contributed by atoms with van der Waals surface area (Å²) in [4.78, 5) is 35.2. The van der Waals surface area contributed by atoms with Gasteiger partial charge in [-0.1, -0.05) is 19.6 Å². The van der Waals surface area contributed by atoms with E-state index >= 15 is 0 Å². The predicted molar refractivity (Wildman–Crippen MR) is 169 cm³/mol. The summed E-state index contributed by atoms with van der Waals surface area (Å²) in [5.41, 5.74) is 4.56. The van der Waals surface area contributed by atoms with Crippen LogP contribution in [0, 0.1) is 5.92 Å². The van der Waals surface area contributed by atoms with Gasteiger partial charge in [-0.2, -0.15) is 15.3 Å². The van der Waals surface area contributed by atoms with E-state index in [9.17, 15) is 14.0 Å². The third-order valence-corrected chi connectivity index (χ3v) is 8.91. The van der Waals surface area contributed by atoms with Crippen LogP contribution in [-0.4, -0.2) is 73.0 Å². The number of alkyl halides is 1. The Kier molecular flexibility index (Phi) is 8.11. The Morgan fingerprint density at radius 1 is 1.09 bits per heavy atom. The largest absolute Gasteiger partial charge is 0.354 e. The van der Waals surface area contributed by atoms with Gasteiger partial charge in [0.15, 0.2) is 0 Å². The van der Waals surface area contributed by atoms with Gasteiger partial charge in [0.25, 0.3) is 0 Å². The third-order valence-electron chi connectivity index (χ3n) is 8.91. The van der Waals surface area contributed by atoms with Crippen LogP contribution in [0.2, 0.25) is 0 Å². The van der Waals surface area contributed by atoms with Crippen LogP contribution < -0.4 is 10.2 Å². The highest BCUT2D eigenvalue weighted by Crippen LogP contribution is 2.31. The zero-order valence-corrected chi connectivity index (χ0v) is 25.3. The summed E-state index contributed by atoms with van der Waals surface area (Å²) in [6, 6.07) is 10.7. The van der Waals surface area contributed by atoms with Crippen molar-refractivity contribution < 1.29 is 14.0 Å². The first-order chi connectivity index (χ1) is 21.2. The number of carbonyl (C=O) groups excluding carboxylic acids is 2. The van der Waals surface area contributed by atoms with Gasteiger partial charge < -0.3 is 15.1 Å². The molecule has 2 aliphatic heterocycles. The lowest BCUT2D eigenvalue weighted by Gasteiger charge is -2.38. The number of benzene rings is 1. The van der Waals surface area contributed by atoms with E-state index in [-0.39, 0.29) is 25.4 Å². The number of halogens is 1. The van der Waals surface area contributed by atoms with Gasteiger partial charge in [0, 0.05) is 47.9 Å². The molecule has 5 heterocycles. The number of allylic oxidation sites excluding steroid dienone is 1. The lowest BCUT2D eigenvalue weighted by atomic mass is 9.92. The zero-order chi connectivity index (χ0) is 31.0. The monoisotopic (exact) mass is 596 g/mol. The molecule has 3 aromatic heterocycles. The molecule has 0 bridgehead atoms. The highest BCUT2D eigenvalue weighted by molar-refractivity contribution is 5.98. The molecule has 44 heavy (non-hydrogen) atoms. The van der Waals surface area contributed by atoms with Crippen LogP contribution in [0.1, 0.15) is 45.7 Å². The van der Waals surface area contributed by atoms with Crippen molar-refractivity contribution in [1.29, 1.82) is 0 Å². The van der Waals surface area contributed by atoms with Gasteiger partial charge >= 0.3 is 0 Å². The molecule has 2 fully saturated rings. The minimum Gasteiger partial charge on any atom is -0.354 e. The van der Waals surface area contributed by atoms with Gasteiger partial charge in [-0.15, -0.1) is 0 Å². The number of aromatic nitrogens is 5. The van der Waals surface area contributed by atoms with Crippen molar-refractivity contribution in [2.75, 3.05) is 23.3 Å². The number of likely N-dealkylation sites (tertiary alicyclic amines) is 1. The number of amides is 2. The number of nitrogens with one attached hydrogen (secondary N) is 1. The molecule has 1 aromatic carbocycles. The molecule has 0 spiro atoms. The van der Waals surface area contributed by atoms with Crippen LogP contribution in [0.25, 0.3) is 27.6 Å². The molecule has 2 saturated heterocycles. The van der Waals surface area contributed by atoms with Gasteiger partial charge in [0.2, 0.25) is 11.8 Å². The smallest absolute Gasteiger partial charge is 0.247 e. The quantitative estimate of drug-likeness (QED) is 0.315. The van der Waals surface area contributed by atoms with Crippen LogP contribution in [-0.2, 0) is 16.1 Å². The normalized spacial score (nSPS) is 21.9. The number of hydrogen-bond acceptors (Lipinski definition) is 7. The highest BCUT2D eigenvalue weighted by Gasteiger charge is 2.40. The molecular formula is C33H37FN8O2. The maximum absolute atomic E-state index is 14.7. The number of piperidine rings is 1. The molecule has 4 atom stereocenters. The van der Waals surface area contributed by atoms with Crippen LogP contribution in [0.4, 0.5) is 15.9 Å². The van der Waals surface area contributed by atoms with Gasteiger partial charge in [-0.3, -0.25) is 14.3 Å². The summed E-state index contributed by atoms with van der Waals surface area (Å²) < 4.78 is 16.3. The molecule has 0 aliphatic carbocycles. The predicted octanol–water partition coefficient (Wildman–Crippen LogP) is 5.12. The summed E-state index contributed by atoms with van der Waals surface area (Å²) in [6.07, 6.45) is 5.89. The van der Waals surface area contributed by atoms with E-state index in [1.54, 1.807) is 29.3 Å². The fourth-order valence-corrected chi connectivity index (χ4v) is 6.32. The van der Waals surface area contributed by atoms with Crippen molar-refractivity contribution in [2.24, 2.45) is 5.92 Å². The minimum absolute atomic E-state index is 0.0591. The standard InChI is InChI=1S/C33H37FN8O2/c1-20(2)32-27-14-23(24-9-12-36-37-17-24)7-8-28(27)42(39-32)19-31(43)41-18-25(34)15-29(41)33(44)38-26-10-11-35-30(16-26)40-13-5-6-21(3)22(40)4/h7-12,14,16-17,21-22,25,29H,1,5-6,13,15,18-19H2,2-4H3,(H,35,38,44). The van der Waals surface area contributed by atoms with Crippen molar-refractivity contribution >= 4 is 39.8 Å². The van der Waals surface area contributed by atoms with Crippen molar-refractivity contribution in [3.8, 4) is 11.1 Å². The van der Waals surface area contributed by atoms with Crippen LogP contribution >= 0.6 is 0 Å². The van der Waals surface area contributed by atoms with Crippen molar-refractivity contribution in [2.45, 2.75) is 64.8 Å². The SMILES string of the molecule is C=C(C)c1nn(CC(=O)N2CC(F)CC2C(=O)Nc2ccnc(N3CCCC(C)C3C)c2)c2ccc(-c3ccnnc3)cc12. The first kappa shape index (κ1) is 29.4. The van der Waals surface area contributed by atoms with E-state index in [0.29, 0.717) is 23.3 Å². The fraction of sp³-hybridized carbons (Fsp3) is 0.394. The van der Waals surface area contributed by atoms with E-state index in [1.807, 2.05) is 37.3 Å². The molecule has 2 aliphatic rings. The summed E-state index contributed by atoms with van der Waals surface area (Å²) in [7, 11) is 0. The number of carbonyl (C=O) groups is 2. The number of anilines is 2. The molecule has 0 radical (unpaired) electrons. The topological polar surface area (TPSA) is 109 Å². The zero-order valence-electron chi connectivity index (χ0n) is 25.3. The van der Waals surface area contributed by atoms with E-state index in [1.165, 1.54) is 11.3 Å². The Morgan fingerprint density at radius 2 is 1.93 bits per heavy atom. The van der Waals surface area contributed by atoms with Crippen molar-refractivity contribution in [3.05, 3.63) is 67.3 Å². The summed E-state index contributed by atoms with van der Waals surface area (Å²) in [5, 5.41) is 16.3. The Morgan fingerprint density at radius 3 is 2.70 bits per heavy atom. The number of pyridine rings is 1. The second-order valence-electron chi connectivity index (χ2n) is 12.0. The van der Waals surface area contributed by atoms with Gasteiger partial charge in [-0.05, 0) is 68.0 Å². The van der Waals surface area contributed by atoms with Crippen molar-refractivity contribution in [1.82, 2.24) is 29.9 Å². The molecule has 6 rings (SSSR count). The lowest BCUT2D eigenvalue weighted by Crippen LogP contribution is -2.44. The van der Waals surface area contributed by atoms with E-state index < -0.39 is 18.1 Å². The number of rotatable bonds is 7. The Hall–Kier alpha value is -4.67. The van der Waals surface area contributed by atoms with Gasteiger partial charge in [0.05, 0.1) is 30.1 Å². The average Bonchev–Trinajstić information content (AvgIpc) is 3.59. The molecule has 10 nitrogen and oxygen atoms in total. The molecule has 1 N–H and O–H groups in total. The molecule has 11 heteroatoms. The average molecular weight is 597 g/mol. The fourth-order valence-electron chi connectivity index (χ4n) is 6.32. The third kappa shape index (κ3) is 5.78. The molecular weight excluding hydrogens is 559 g/mol. The Balaban J connectivity index is 1.20. The molecule has 4 aromatic rings. The summed E-state index contributed by atoms with van der Waals surface area (Å²) in [6.45, 7) is 11.0. The highest BCUT2D eigenvalue weighted by atomic mass is 19.1. The summed E-state index contributed by atoms with van der Waals surface area (Å²) >= 11 is 0. The first-order valence-electron chi connectivity index (χ1n) is 15.1. The van der Waals surface area contributed by atoms with Gasteiger partial charge in [-0.25, -0.2) is 9.37 Å². The maximum atomic E-state index is 14.7. The molecule has 0 saturated carbocycles. The van der Waals surface area contributed by atoms with E-state index in [4.69, 9.17) is 5.10 Å². The maximum Gasteiger partial charge on any atom is 0.247 e. The molecule has 228 valence electrons. The van der Waals surface area contributed by atoms with Crippen molar-refractivity contribution in [3.63, 3.8) is 0 Å².